The fourth-order valence-corrected chi connectivity index (χ4v) is 2.92. The molecule has 2 N–H and O–H groups in total. The molecule has 2 aromatic carbocycles. The van der Waals surface area contributed by atoms with E-state index in [1.54, 1.807) is 4.68 Å². The van der Waals surface area contributed by atoms with E-state index in [4.69, 9.17) is 5.73 Å². The zero-order valence-electron chi connectivity index (χ0n) is 11.7. The molecule has 5 nitrogen and oxygen atoms in total. The highest BCUT2D eigenvalue weighted by atomic mass is 79.9. The predicted molar refractivity (Wildman–Crippen MR) is 86.2 cm³/mol. The molecular formula is C15H14BrN5. The summed E-state index contributed by atoms with van der Waals surface area (Å²) in [6.07, 6.45) is 0. The van der Waals surface area contributed by atoms with Crippen LogP contribution in [0.1, 0.15) is 11.1 Å². The van der Waals surface area contributed by atoms with Crippen LogP contribution in [0.5, 0.6) is 0 Å². The minimum absolute atomic E-state index is 0.669. The number of benzene rings is 2. The van der Waals surface area contributed by atoms with Gasteiger partial charge in [-0.15, -0.1) is 5.10 Å². The normalized spacial score (nSPS) is 10.8. The number of tetrazole rings is 1. The molecule has 0 aliphatic rings. The molecule has 1 heterocycles. The Morgan fingerprint density at radius 1 is 1.00 bits per heavy atom. The standard InChI is InChI=1S/C15H14BrN5/c1-9-3-11(7-13(17)5-9)15-18-19-20-21(15)14-6-10(2)4-12(16)8-14/h3-8H,17H2,1-2H3. The number of aryl methyl sites for hydroxylation is 2. The second-order valence-corrected chi connectivity index (χ2v) is 5.95. The highest BCUT2D eigenvalue weighted by Crippen LogP contribution is 2.25. The monoisotopic (exact) mass is 343 g/mol. The van der Waals surface area contributed by atoms with Crippen molar-refractivity contribution >= 4 is 21.6 Å². The Labute approximate surface area is 130 Å². The summed E-state index contributed by atoms with van der Waals surface area (Å²) in [4.78, 5) is 0. The van der Waals surface area contributed by atoms with E-state index < -0.39 is 0 Å². The second-order valence-electron chi connectivity index (χ2n) is 5.03. The van der Waals surface area contributed by atoms with Crippen molar-refractivity contribution in [1.29, 1.82) is 0 Å². The van der Waals surface area contributed by atoms with Gasteiger partial charge < -0.3 is 5.73 Å². The summed E-state index contributed by atoms with van der Waals surface area (Å²) in [5, 5.41) is 12.0. The zero-order valence-corrected chi connectivity index (χ0v) is 13.3. The van der Waals surface area contributed by atoms with Crippen LogP contribution < -0.4 is 5.73 Å². The average molecular weight is 344 g/mol. The van der Waals surface area contributed by atoms with Crippen molar-refractivity contribution in [2.75, 3.05) is 5.73 Å². The molecule has 0 spiro atoms. The minimum Gasteiger partial charge on any atom is -0.399 e. The van der Waals surface area contributed by atoms with Gasteiger partial charge in [-0.2, -0.15) is 4.68 Å². The Kier molecular flexibility index (Phi) is 3.47. The molecule has 6 heteroatoms. The van der Waals surface area contributed by atoms with E-state index >= 15 is 0 Å². The van der Waals surface area contributed by atoms with Crippen molar-refractivity contribution in [3.05, 3.63) is 52.0 Å². The van der Waals surface area contributed by atoms with E-state index in [2.05, 4.69) is 31.5 Å². The van der Waals surface area contributed by atoms with Gasteiger partial charge in [-0.1, -0.05) is 15.9 Å². The maximum atomic E-state index is 5.92. The Hall–Kier alpha value is -2.21. The van der Waals surface area contributed by atoms with Crippen LogP contribution in [0.2, 0.25) is 0 Å². The van der Waals surface area contributed by atoms with E-state index in [0.717, 1.165) is 26.9 Å². The van der Waals surface area contributed by atoms with E-state index in [9.17, 15) is 0 Å². The van der Waals surface area contributed by atoms with Crippen LogP contribution in [-0.4, -0.2) is 20.2 Å². The van der Waals surface area contributed by atoms with Crippen molar-refractivity contribution in [3.63, 3.8) is 0 Å². The molecule has 0 atom stereocenters. The Morgan fingerprint density at radius 3 is 2.48 bits per heavy atom. The molecule has 1 aromatic heterocycles. The number of aromatic nitrogens is 4. The zero-order chi connectivity index (χ0) is 15.0. The van der Waals surface area contributed by atoms with Gasteiger partial charge in [-0.25, -0.2) is 0 Å². The maximum absolute atomic E-state index is 5.92. The molecule has 0 aliphatic carbocycles. The van der Waals surface area contributed by atoms with E-state index in [-0.39, 0.29) is 0 Å². The molecule has 0 fully saturated rings. The van der Waals surface area contributed by atoms with Crippen LogP contribution in [0.4, 0.5) is 5.69 Å². The number of hydrogen-bond donors (Lipinski definition) is 1. The van der Waals surface area contributed by atoms with E-state index in [1.165, 1.54) is 0 Å². The summed E-state index contributed by atoms with van der Waals surface area (Å²) in [6, 6.07) is 11.9. The van der Waals surface area contributed by atoms with Crippen molar-refractivity contribution < 1.29 is 0 Å². The Bertz CT molecular complexity index is 703. The van der Waals surface area contributed by atoms with Crippen molar-refractivity contribution in [2.24, 2.45) is 0 Å². The molecule has 0 amide bonds. The van der Waals surface area contributed by atoms with Crippen molar-refractivity contribution in [1.82, 2.24) is 20.2 Å². The molecule has 0 aliphatic heterocycles. The van der Waals surface area contributed by atoms with Crippen LogP contribution >= 0.6 is 15.9 Å². The Morgan fingerprint density at radius 2 is 1.76 bits per heavy atom. The fraction of sp³-hybridized carbons (Fsp3) is 0.133. The van der Waals surface area contributed by atoms with Gasteiger partial charge in [-0.3, -0.25) is 0 Å². The first-order chi connectivity index (χ1) is 10.0. The summed E-state index contributed by atoms with van der Waals surface area (Å²) in [5.74, 6) is 0.669. The largest absolute Gasteiger partial charge is 0.399 e. The third-order valence-corrected chi connectivity index (χ3v) is 3.56. The van der Waals surface area contributed by atoms with Crippen LogP contribution in [0.25, 0.3) is 17.1 Å². The molecule has 0 radical (unpaired) electrons. The lowest BCUT2D eigenvalue weighted by Crippen LogP contribution is -2.01. The van der Waals surface area contributed by atoms with Crippen molar-refractivity contribution in [3.8, 4) is 17.1 Å². The molecule has 3 aromatic rings. The summed E-state index contributed by atoms with van der Waals surface area (Å²) in [5.41, 5.74) is 10.6. The van der Waals surface area contributed by atoms with Crippen LogP contribution in [0.3, 0.4) is 0 Å². The lowest BCUT2D eigenvalue weighted by molar-refractivity contribution is 0.790. The van der Waals surface area contributed by atoms with Crippen molar-refractivity contribution in [2.45, 2.75) is 13.8 Å². The predicted octanol–water partition coefficient (Wildman–Crippen LogP) is 3.29. The number of nitrogens with two attached hydrogens (primary N) is 1. The second kappa shape index (κ2) is 5.29. The lowest BCUT2D eigenvalue weighted by Gasteiger charge is -2.08. The van der Waals surface area contributed by atoms with Crippen LogP contribution in [0.15, 0.2) is 40.9 Å². The van der Waals surface area contributed by atoms with Gasteiger partial charge in [-0.05, 0) is 71.8 Å². The van der Waals surface area contributed by atoms with E-state index in [1.807, 2.05) is 50.2 Å². The lowest BCUT2D eigenvalue weighted by atomic mass is 10.1. The third-order valence-electron chi connectivity index (χ3n) is 3.10. The highest BCUT2D eigenvalue weighted by Gasteiger charge is 2.12. The number of nitrogen functional groups attached to an aromatic ring is 1. The maximum Gasteiger partial charge on any atom is 0.187 e. The first-order valence-electron chi connectivity index (χ1n) is 6.46. The molecule has 0 bridgehead atoms. The number of hydrogen-bond acceptors (Lipinski definition) is 4. The fourth-order valence-electron chi connectivity index (χ4n) is 2.32. The first kappa shape index (κ1) is 13.8. The van der Waals surface area contributed by atoms with Crippen LogP contribution in [0, 0.1) is 13.8 Å². The smallest absolute Gasteiger partial charge is 0.187 e. The minimum atomic E-state index is 0.669. The molecule has 106 valence electrons. The number of anilines is 1. The molecule has 0 saturated carbocycles. The summed E-state index contributed by atoms with van der Waals surface area (Å²) < 4.78 is 2.70. The molecule has 21 heavy (non-hydrogen) atoms. The number of rotatable bonds is 2. The van der Waals surface area contributed by atoms with Gasteiger partial charge >= 0.3 is 0 Å². The summed E-state index contributed by atoms with van der Waals surface area (Å²) in [6.45, 7) is 4.03. The first-order valence-corrected chi connectivity index (χ1v) is 7.26. The third kappa shape index (κ3) is 2.80. The molecule has 3 rings (SSSR count). The SMILES string of the molecule is Cc1cc(N)cc(-c2nnnn2-c2cc(C)cc(Br)c2)c1. The van der Waals surface area contributed by atoms with Gasteiger partial charge in [0.25, 0.3) is 0 Å². The van der Waals surface area contributed by atoms with Gasteiger partial charge in [0.05, 0.1) is 5.69 Å². The van der Waals surface area contributed by atoms with Crippen LogP contribution in [-0.2, 0) is 0 Å². The topological polar surface area (TPSA) is 69.6 Å². The van der Waals surface area contributed by atoms with Gasteiger partial charge in [0.1, 0.15) is 0 Å². The van der Waals surface area contributed by atoms with Gasteiger partial charge in [0, 0.05) is 15.7 Å². The number of halogens is 1. The van der Waals surface area contributed by atoms with Gasteiger partial charge in [0.2, 0.25) is 0 Å². The molecule has 0 saturated heterocycles. The molecule has 0 unspecified atom stereocenters. The summed E-state index contributed by atoms with van der Waals surface area (Å²) in [7, 11) is 0. The van der Waals surface area contributed by atoms with Gasteiger partial charge in [0.15, 0.2) is 5.82 Å². The number of nitrogens with zero attached hydrogens (tertiary/aromatic N) is 4. The summed E-state index contributed by atoms with van der Waals surface area (Å²) >= 11 is 3.50. The van der Waals surface area contributed by atoms with E-state index in [0.29, 0.717) is 11.5 Å². The Balaban J connectivity index is 2.16. The molecular weight excluding hydrogens is 330 g/mol. The average Bonchev–Trinajstić information content (AvgIpc) is 2.85. The highest BCUT2D eigenvalue weighted by molar-refractivity contribution is 9.10. The quantitative estimate of drug-likeness (QED) is 0.725.